The van der Waals surface area contributed by atoms with E-state index in [2.05, 4.69) is 11.9 Å². The minimum Gasteiger partial charge on any atom is -0.297 e. The number of benzene rings is 1. The molecular weight excluding hydrogens is 282 g/mol. The average molecular weight is 299 g/mol. The maximum atomic E-state index is 13.5. The molecule has 1 fully saturated rings. The third-order valence-electron chi connectivity index (χ3n) is 4.58. The number of fused-ring (bicyclic) bond motifs is 2. The number of halogens is 4. The molecule has 1 saturated heterocycles. The highest BCUT2D eigenvalue weighted by Gasteiger charge is 2.34. The van der Waals surface area contributed by atoms with Crippen LogP contribution in [0.5, 0.6) is 0 Å². The third kappa shape index (κ3) is 2.84. The third-order valence-corrected chi connectivity index (χ3v) is 4.58. The smallest absolute Gasteiger partial charge is 0.297 e. The topological polar surface area (TPSA) is 3.24 Å². The van der Waals surface area contributed by atoms with E-state index in [0.717, 1.165) is 30.9 Å². The quantitative estimate of drug-likeness (QED) is 0.691. The normalized spacial score (nSPS) is 26.6. The number of likely N-dealkylation sites (N-methyl/N-ethyl adjacent to an activating group) is 1. The van der Waals surface area contributed by atoms with Gasteiger partial charge in [0.1, 0.15) is 5.82 Å². The van der Waals surface area contributed by atoms with Gasteiger partial charge in [-0.25, -0.2) is 4.39 Å². The standard InChI is InChI=1S/C16H17F4N/c1-21-14-3-2-4-15(21)8-11(7-14)10-5-12(16(18,19)20)9-13(17)6-10/h5-7,9,14-15H,2-4,8H2,1H3. The summed E-state index contributed by atoms with van der Waals surface area (Å²) in [5.41, 5.74) is 0.294. The van der Waals surface area contributed by atoms with Crippen LogP contribution in [0.4, 0.5) is 17.6 Å². The fourth-order valence-corrected chi connectivity index (χ4v) is 3.39. The lowest BCUT2D eigenvalue weighted by molar-refractivity contribution is -0.137. The summed E-state index contributed by atoms with van der Waals surface area (Å²) in [6.45, 7) is 0. The highest BCUT2D eigenvalue weighted by Crippen LogP contribution is 2.38. The van der Waals surface area contributed by atoms with E-state index in [0.29, 0.717) is 24.1 Å². The van der Waals surface area contributed by atoms with Crippen molar-refractivity contribution in [3.63, 3.8) is 0 Å². The van der Waals surface area contributed by atoms with Crippen LogP contribution in [0.1, 0.15) is 36.8 Å². The van der Waals surface area contributed by atoms with Crippen molar-refractivity contribution in [2.24, 2.45) is 0 Å². The van der Waals surface area contributed by atoms with Crippen LogP contribution in [-0.4, -0.2) is 24.0 Å². The van der Waals surface area contributed by atoms with E-state index in [-0.39, 0.29) is 6.04 Å². The largest absolute Gasteiger partial charge is 0.416 e. The van der Waals surface area contributed by atoms with Crippen molar-refractivity contribution in [3.8, 4) is 0 Å². The second-order valence-corrected chi connectivity index (χ2v) is 5.94. The Morgan fingerprint density at radius 2 is 1.90 bits per heavy atom. The van der Waals surface area contributed by atoms with Gasteiger partial charge in [0.2, 0.25) is 0 Å². The Bertz CT molecular complexity index is 576. The maximum Gasteiger partial charge on any atom is 0.416 e. The van der Waals surface area contributed by atoms with E-state index >= 15 is 0 Å². The van der Waals surface area contributed by atoms with Crippen LogP contribution in [0.25, 0.3) is 5.57 Å². The molecular formula is C16H17F4N. The Balaban J connectivity index is 1.99. The average Bonchev–Trinajstić information content (AvgIpc) is 2.36. The second kappa shape index (κ2) is 5.13. The molecule has 21 heavy (non-hydrogen) atoms. The van der Waals surface area contributed by atoms with E-state index in [1.807, 2.05) is 6.08 Å². The van der Waals surface area contributed by atoms with Crippen LogP contribution in [-0.2, 0) is 6.18 Å². The summed E-state index contributed by atoms with van der Waals surface area (Å²) >= 11 is 0. The molecule has 1 aromatic rings. The SMILES string of the molecule is CN1C2C=C(c3cc(F)cc(C(F)(F)F)c3)CC1CCC2. The summed E-state index contributed by atoms with van der Waals surface area (Å²) in [6.07, 6.45) is 1.38. The number of hydrogen-bond donors (Lipinski definition) is 0. The van der Waals surface area contributed by atoms with Crippen LogP contribution in [0.3, 0.4) is 0 Å². The Morgan fingerprint density at radius 1 is 1.14 bits per heavy atom. The first-order chi connectivity index (χ1) is 9.84. The van der Waals surface area contributed by atoms with E-state index in [1.165, 1.54) is 6.07 Å². The molecule has 0 spiro atoms. The van der Waals surface area contributed by atoms with Crippen molar-refractivity contribution >= 4 is 5.57 Å². The Kier molecular flexibility index (Phi) is 3.56. The van der Waals surface area contributed by atoms with Crippen molar-refractivity contribution < 1.29 is 17.6 Å². The van der Waals surface area contributed by atoms with E-state index in [1.54, 1.807) is 0 Å². The van der Waals surface area contributed by atoms with Crippen molar-refractivity contribution in [2.75, 3.05) is 7.05 Å². The van der Waals surface area contributed by atoms with Gasteiger partial charge >= 0.3 is 6.18 Å². The lowest BCUT2D eigenvalue weighted by Crippen LogP contribution is -2.45. The van der Waals surface area contributed by atoms with Gasteiger partial charge in [0.05, 0.1) is 5.56 Å². The van der Waals surface area contributed by atoms with E-state index in [9.17, 15) is 17.6 Å². The zero-order valence-electron chi connectivity index (χ0n) is 11.8. The Morgan fingerprint density at radius 3 is 2.57 bits per heavy atom. The zero-order chi connectivity index (χ0) is 15.2. The first-order valence-electron chi connectivity index (χ1n) is 7.15. The summed E-state index contributed by atoms with van der Waals surface area (Å²) < 4.78 is 52.0. The van der Waals surface area contributed by atoms with E-state index < -0.39 is 17.6 Å². The van der Waals surface area contributed by atoms with Crippen molar-refractivity contribution in [2.45, 2.75) is 43.9 Å². The van der Waals surface area contributed by atoms with Gasteiger partial charge in [0, 0.05) is 12.1 Å². The number of hydrogen-bond acceptors (Lipinski definition) is 1. The summed E-state index contributed by atoms with van der Waals surface area (Å²) in [7, 11) is 2.05. The summed E-state index contributed by atoms with van der Waals surface area (Å²) in [6, 6.07) is 3.43. The van der Waals surface area contributed by atoms with Crippen molar-refractivity contribution in [1.82, 2.24) is 4.90 Å². The van der Waals surface area contributed by atoms with Gasteiger partial charge in [-0.2, -0.15) is 13.2 Å². The molecule has 1 aromatic carbocycles. The molecule has 2 unspecified atom stereocenters. The molecule has 1 nitrogen and oxygen atoms in total. The highest BCUT2D eigenvalue weighted by atomic mass is 19.4. The number of nitrogens with zero attached hydrogens (tertiary/aromatic N) is 1. The summed E-state index contributed by atoms with van der Waals surface area (Å²) in [5.74, 6) is -0.829. The lowest BCUT2D eigenvalue weighted by atomic mass is 9.83. The van der Waals surface area contributed by atoms with Crippen LogP contribution in [0.2, 0.25) is 0 Å². The summed E-state index contributed by atoms with van der Waals surface area (Å²) in [5, 5.41) is 0. The monoisotopic (exact) mass is 299 g/mol. The minimum atomic E-state index is -4.52. The molecule has 3 rings (SSSR count). The van der Waals surface area contributed by atoms with E-state index in [4.69, 9.17) is 0 Å². The molecule has 0 N–H and O–H groups in total. The van der Waals surface area contributed by atoms with Crippen LogP contribution in [0.15, 0.2) is 24.3 Å². The van der Waals surface area contributed by atoms with Gasteiger partial charge < -0.3 is 0 Å². The molecule has 2 atom stereocenters. The van der Waals surface area contributed by atoms with Crippen LogP contribution in [0, 0.1) is 5.82 Å². The molecule has 0 saturated carbocycles. The predicted octanol–water partition coefficient (Wildman–Crippen LogP) is 4.48. The molecule has 0 amide bonds. The zero-order valence-corrected chi connectivity index (χ0v) is 11.8. The van der Waals surface area contributed by atoms with Gasteiger partial charge in [-0.15, -0.1) is 0 Å². The molecule has 5 heteroatoms. The second-order valence-electron chi connectivity index (χ2n) is 5.94. The highest BCUT2D eigenvalue weighted by molar-refractivity contribution is 5.68. The molecule has 2 bridgehead atoms. The van der Waals surface area contributed by atoms with Gasteiger partial charge in [0.15, 0.2) is 0 Å². The molecule has 0 aromatic heterocycles. The summed E-state index contributed by atoms with van der Waals surface area (Å²) in [4.78, 5) is 2.27. The lowest BCUT2D eigenvalue weighted by Gasteiger charge is -2.42. The Labute approximate surface area is 121 Å². The van der Waals surface area contributed by atoms with Gasteiger partial charge in [0.25, 0.3) is 0 Å². The molecule has 114 valence electrons. The van der Waals surface area contributed by atoms with Crippen LogP contribution >= 0.6 is 0 Å². The first-order valence-corrected chi connectivity index (χ1v) is 7.15. The number of rotatable bonds is 1. The Hall–Kier alpha value is -1.36. The molecule has 0 aliphatic carbocycles. The first kappa shape index (κ1) is 14.6. The fraction of sp³-hybridized carbons (Fsp3) is 0.500. The van der Waals surface area contributed by atoms with Crippen LogP contribution < -0.4 is 0 Å². The number of piperidine rings is 1. The van der Waals surface area contributed by atoms with Crippen molar-refractivity contribution in [1.29, 1.82) is 0 Å². The molecule has 2 heterocycles. The maximum absolute atomic E-state index is 13.5. The van der Waals surface area contributed by atoms with Gasteiger partial charge in [-0.3, -0.25) is 4.90 Å². The minimum absolute atomic E-state index is 0.255. The fourth-order valence-electron chi connectivity index (χ4n) is 3.39. The predicted molar refractivity (Wildman–Crippen MR) is 73.2 cm³/mol. The molecule has 2 aliphatic heterocycles. The van der Waals surface area contributed by atoms with Gasteiger partial charge in [-0.05, 0) is 55.6 Å². The van der Waals surface area contributed by atoms with Gasteiger partial charge in [-0.1, -0.05) is 12.5 Å². The molecule has 0 radical (unpaired) electrons. The van der Waals surface area contributed by atoms with Crippen molar-refractivity contribution in [3.05, 3.63) is 41.2 Å². The molecule has 2 aliphatic rings. The number of alkyl halides is 3.